The first-order valence-corrected chi connectivity index (χ1v) is 12.6. The summed E-state index contributed by atoms with van der Waals surface area (Å²) in [4.78, 5) is 14.1. The van der Waals surface area contributed by atoms with Gasteiger partial charge in [0.25, 0.3) is 0 Å². The molecule has 1 aliphatic rings. The third-order valence-corrected chi connectivity index (χ3v) is 8.20. The summed E-state index contributed by atoms with van der Waals surface area (Å²) < 4.78 is 38.7. The van der Waals surface area contributed by atoms with Gasteiger partial charge in [-0.3, -0.25) is 0 Å². The Labute approximate surface area is 175 Å². The largest absolute Gasteiger partial charge is 0.345 e. The van der Waals surface area contributed by atoms with Crippen LogP contribution in [0, 0.1) is 5.82 Å². The van der Waals surface area contributed by atoms with Gasteiger partial charge in [-0.05, 0) is 36.4 Å². The molecule has 1 saturated heterocycles. The van der Waals surface area contributed by atoms with Crippen LogP contribution < -0.4 is 9.80 Å². The van der Waals surface area contributed by atoms with Crippen LogP contribution in [0.25, 0.3) is 20.4 Å². The minimum Gasteiger partial charge on any atom is -0.345 e. The molecular formula is C19H17FN4O2S3. The normalized spacial score (nSPS) is 15.5. The van der Waals surface area contributed by atoms with E-state index in [1.807, 2.05) is 0 Å². The van der Waals surface area contributed by atoms with Crippen LogP contribution in [0.1, 0.15) is 0 Å². The molecule has 1 aliphatic heterocycles. The molecule has 0 saturated carbocycles. The molecule has 0 unspecified atom stereocenters. The number of nitrogens with zero attached hydrogens (tertiary/aromatic N) is 4. The quantitative estimate of drug-likeness (QED) is 0.475. The van der Waals surface area contributed by atoms with Gasteiger partial charge in [0.2, 0.25) is 0 Å². The third-order valence-electron chi connectivity index (χ3n) is 4.94. The van der Waals surface area contributed by atoms with E-state index in [0.717, 1.165) is 56.9 Å². The van der Waals surface area contributed by atoms with E-state index in [0.29, 0.717) is 4.90 Å². The molecular weight excluding hydrogens is 431 g/mol. The van der Waals surface area contributed by atoms with Crippen molar-refractivity contribution in [2.45, 2.75) is 4.90 Å². The van der Waals surface area contributed by atoms with Crippen molar-refractivity contribution in [2.75, 3.05) is 42.2 Å². The van der Waals surface area contributed by atoms with Crippen LogP contribution in [0.15, 0.2) is 41.3 Å². The molecule has 10 heteroatoms. The van der Waals surface area contributed by atoms with E-state index in [9.17, 15) is 12.8 Å². The van der Waals surface area contributed by atoms with Crippen molar-refractivity contribution in [1.82, 2.24) is 9.97 Å². The van der Waals surface area contributed by atoms with E-state index in [2.05, 4.69) is 19.8 Å². The lowest BCUT2D eigenvalue weighted by Gasteiger charge is -2.34. The number of aromatic nitrogens is 2. The Bertz CT molecular complexity index is 1320. The number of sulfone groups is 1. The van der Waals surface area contributed by atoms with Crippen LogP contribution in [-0.4, -0.2) is 50.8 Å². The van der Waals surface area contributed by atoms with Crippen molar-refractivity contribution in [3.63, 3.8) is 0 Å². The zero-order chi connectivity index (χ0) is 20.2. The summed E-state index contributed by atoms with van der Waals surface area (Å²) in [6.45, 7) is 3.19. The molecule has 4 aromatic rings. The van der Waals surface area contributed by atoms with Gasteiger partial charge in [-0.2, -0.15) is 0 Å². The molecule has 5 rings (SSSR count). The first-order chi connectivity index (χ1) is 13.9. The highest BCUT2D eigenvalue weighted by molar-refractivity contribution is 7.90. The van der Waals surface area contributed by atoms with Gasteiger partial charge in [-0.25, -0.2) is 22.8 Å². The summed E-state index contributed by atoms with van der Waals surface area (Å²) >= 11 is 3.02. The first kappa shape index (κ1) is 18.7. The Morgan fingerprint density at radius 3 is 1.93 bits per heavy atom. The number of anilines is 2. The number of hydrogen-bond donors (Lipinski definition) is 0. The van der Waals surface area contributed by atoms with Crippen LogP contribution >= 0.6 is 22.7 Å². The molecule has 0 atom stereocenters. The summed E-state index contributed by atoms with van der Waals surface area (Å²) in [5, 5.41) is 1.81. The van der Waals surface area contributed by atoms with Crippen molar-refractivity contribution >= 4 is 63.2 Å². The summed E-state index contributed by atoms with van der Waals surface area (Å²) in [5.74, 6) is -0.243. The van der Waals surface area contributed by atoms with E-state index in [4.69, 9.17) is 0 Å². The zero-order valence-corrected chi connectivity index (χ0v) is 18.0. The smallest absolute Gasteiger partial charge is 0.186 e. The van der Waals surface area contributed by atoms with Crippen LogP contribution in [0.5, 0.6) is 0 Å². The number of piperazine rings is 1. The Kier molecular flexibility index (Phi) is 4.45. The molecule has 2 aromatic heterocycles. The van der Waals surface area contributed by atoms with Gasteiger partial charge >= 0.3 is 0 Å². The van der Waals surface area contributed by atoms with Gasteiger partial charge in [0, 0.05) is 32.4 Å². The highest BCUT2D eigenvalue weighted by Crippen LogP contribution is 2.33. The van der Waals surface area contributed by atoms with E-state index in [-0.39, 0.29) is 5.82 Å². The average molecular weight is 449 g/mol. The van der Waals surface area contributed by atoms with Crippen LogP contribution in [0.3, 0.4) is 0 Å². The lowest BCUT2D eigenvalue weighted by molar-refractivity contribution is 0.602. The van der Waals surface area contributed by atoms with Crippen molar-refractivity contribution in [1.29, 1.82) is 0 Å². The Hall–Kier alpha value is -2.30. The molecule has 29 heavy (non-hydrogen) atoms. The summed E-state index contributed by atoms with van der Waals surface area (Å²) in [7, 11) is -3.23. The second-order valence-corrected chi connectivity index (χ2v) is 11.0. The lowest BCUT2D eigenvalue weighted by Crippen LogP contribution is -2.46. The SMILES string of the molecule is CS(=O)(=O)c1ccc2nc(N3CCN(c4nc5ccc(F)cc5s4)CC3)sc2c1. The molecule has 0 bridgehead atoms. The zero-order valence-electron chi connectivity index (χ0n) is 15.5. The van der Waals surface area contributed by atoms with Crippen LogP contribution in [0.4, 0.5) is 14.7 Å². The Balaban J connectivity index is 1.34. The maximum absolute atomic E-state index is 13.4. The minimum absolute atomic E-state index is 0.243. The van der Waals surface area contributed by atoms with Crippen LogP contribution in [0.2, 0.25) is 0 Å². The number of thiazole rings is 2. The predicted octanol–water partition coefficient (Wildman–Crippen LogP) is 3.78. The van der Waals surface area contributed by atoms with Gasteiger partial charge in [0.15, 0.2) is 20.1 Å². The third kappa shape index (κ3) is 3.56. The Morgan fingerprint density at radius 1 is 0.862 bits per heavy atom. The van der Waals surface area contributed by atoms with Gasteiger partial charge < -0.3 is 9.80 Å². The average Bonchev–Trinajstić information content (AvgIpc) is 3.30. The molecule has 0 radical (unpaired) electrons. The number of hydrogen-bond acceptors (Lipinski definition) is 8. The summed E-state index contributed by atoms with van der Waals surface area (Å²) in [6, 6.07) is 9.75. The van der Waals surface area contributed by atoms with E-state index in [1.165, 1.54) is 41.1 Å². The molecule has 2 aromatic carbocycles. The number of fused-ring (bicyclic) bond motifs is 2. The molecule has 0 amide bonds. The summed E-state index contributed by atoms with van der Waals surface area (Å²) in [5.41, 5.74) is 1.63. The molecule has 6 nitrogen and oxygen atoms in total. The summed E-state index contributed by atoms with van der Waals surface area (Å²) in [6.07, 6.45) is 1.21. The van der Waals surface area contributed by atoms with Gasteiger partial charge in [-0.1, -0.05) is 22.7 Å². The van der Waals surface area contributed by atoms with E-state index < -0.39 is 9.84 Å². The van der Waals surface area contributed by atoms with E-state index >= 15 is 0 Å². The molecule has 1 fully saturated rings. The van der Waals surface area contributed by atoms with E-state index in [1.54, 1.807) is 24.3 Å². The molecule has 150 valence electrons. The number of halogens is 1. The van der Waals surface area contributed by atoms with Gasteiger partial charge in [0.1, 0.15) is 5.82 Å². The predicted molar refractivity (Wildman–Crippen MR) is 117 cm³/mol. The first-order valence-electron chi connectivity index (χ1n) is 9.03. The second-order valence-electron chi connectivity index (χ2n) is 6.98. The second kappa shape index (κ2) is 6.89. The lowest BCUT2D eigenvalue weighted by atomic mass is 10.3. The fourth-order valence-electron chi connectivity index (χ4n) is 3.37. The van der Waals surface area contributed by atoms with Crippen molar-refractivity contribution < 1.29 is 12.8 Å². The van der Waals surface area contributed by atoms with Crippen LogP contribution in [-0.2, 0) is 9.84 Å². The van der Waals surface area contributed by atoms with Gasteiger partial charge in [0.05, 0.1) is 25.3 Å². The fourth-order valence-corrected chi connectivity index (χ4v) is 6.19. The standard InChI is InChI=1S/C19H17FN4O2S3/c1-29(25,26)13-3-5-15-17(11-13)28-19(22-15)24-8-6-23(7-9-24)18-21-14-4-2-12(20)10-16(14)27-18/h2-5,10-11H,6-9H2,1H3. The maximum atomic E-state index is 13.4. The van der Waals surface area contributed by atoms with Gasteiger partial charge in [-0.15, -0.1) is 0 Å². The Morgan fingerprint density at radius 2 is 1.38 bits per heavy atom. The monoisotopic (exact) mass is 448 g/mol. The maximum Gasteiger partial charge on any atom is 0.186 e. The topological polar surface area (TPSA) is 66.4 Å². The molecule has 0 aliphatic carbocycles. The molecule has 0 N–H and O–H groups in total. The molecule has 0 spiro atoms. The molecule has 3 heterocycles. The minimum atomic E-state index is -3.23. The number of benzene rings is 2. The number of rotatable bonds is 3. The highest BCUT2D eigenvalue weighted by Gasteiger charge is 2.22. The van der Waals surface area contributed by atoms with Crippen molar-refractivity contribution in [3.8, 4) is 0 Å². The van der Waals surface area contributed by atoms with Crippen molar-refractivity contribution in [3.05, 3.63) is 42.2 Å². The van der Waals surface area contributed by atoms with Crippen molar-refractivity contribution in [2.24, 2.45) is 0 Å². The highest BCUT2D eigenvalue weighted by atomic mass is 32.2. The fraction of sp³-hybridized carbons (Fsp3) is 0.263.